The predicted molar refractivity (Wildman–Crippen MR) is 76.9 cm³/mol. The Morgan fingerprint density at radius 3 is 2.94 bits per heavy atom. The second-order valence-corrected chi connectivity index (χ2v) is 5.98. The molecule has 1 atom stereocenters. The highest BCUT2D eigenvalue weighted by Gasteiger charge is 2.15. The normalized spacial score (nSPS) is 19.1. The fraction of sp³-hybridized carbons (Fsp3) is 0.692. The summed E-state index contributed by atoms with van der Waals surface area (Å²) in [5.74, 6) is 0.558. The highest BCUT2D eigenvalue weighted by Crippen LogP contribution is 2.22. The van der Waals surface area contributed by atoms with Gasteiger partial charge in [0.1, 0.15) is 5.01 Å². The molecule has 1 saturated carbocycles. The van der Waals surface area contributed by atoms with Gasteiger partial charge in [0.05, 0.1) is 12.1 Å². The molecule has 100 valence electrons. The third-order valence-electron chi connectivity index (χ3n) is 3.30. The third-order valence-corrected chi connectivity index (χ3v) is 4.63. The summed E-state index contributed by atoms with van der Waals surface area (Å²) in [5, 5.41) is 4.32. The number of hydrogen-bond acceptors (Lipinski definition) is 3. The maximum absolute atomic E-state index is 5.95. The van der Waals surface area contributed by atoms with E-state index in [1.807, 2.05) is 6.20 Å². The van der Waals surface area contributed by atoms with Crippen LogP contribution in [0.2, 0.25) is 0 Å². The van der Waals surface area contributed by atoms with E-state index in [2.05, 4.69) is 29.1 Å². The van der Waals surface area contributed by atoms with Crippen LogP contribution in [0.4, 0.5) is 0 Å². The van der Waals surface area contributed by atoms with E-state index in [-0.39, 0.29) is 6.04 Å². The fourth-order valence-corrected chi connectivity index (χ4v) is 3.10. The van der Waals surface area contributed by atoms with E-state index in [4.69, 9.17) is 5.73 Å². The van der Waals surface area contributed by atoms with Gasteiger partial charge in [-0.3, -0.25) is 4.99 Å². The van der Waals surface area contributed by atoms with E-state index in [9.17, 15) is 0 Å². The lowest BCUT2D eigenvalue weighted by molar-refractivity contribution is 0.667. The molecule has 1 aromatic heterocycles. The Kier molecular flexibility index (Phi) is 4.58. The van der Waals surface area contributed by atoms with Crippen molar-refractivity contribution < 1.29 is 0 Å². The molecule has 1 heterocycles. The first kappa shape index (κ1) is 13.3. The molecular weight excluding hydrogens is 244 g/mol. The van der Waals surface area contributed by atoms with Gasteiger partial charge in [-0.25, -0.2) is 4.98 Å². The summed E-state index contributed by atoms with van der Waals surface area (Å²) in [6.07, 6.45) is 7.90. The van der Waals surface area contributed by atoms with Crippen LogP contribution < -0.4 is 11.1 Å². The second-order valence-electron chi connectivity index (χ2n) is 4.84. The Labute approximate surface area is 113 Å². The van der Waals surface area contributed by atoms with Crippen molar-refractivity contribution in [3.63, 3.8) is 0 Å². The summed E-state index contributed by atoms with van der Waals surface area (Å²) in [6, 6.07) is 0.563. The average Bonchev–Trinajstić information content (AvgIpc) is 2.98. The number of rotatable bonds is 4. The molecule has 0 bridgehead atoms. The maximum atomic E-state index is 5.95. The molecule has 1 aromatic rings. The van der Waals surface area contributed by atoms with Crippen LogP contribution in [-0.4, -0.2) is 17.0 Å². The van der Waals surface area contributed by atoms with Crippen molar-refractivity contribution in [2.24, 2.45) is 10.7 Å². The van der Waals surface area contributed by atoms with Gasteiger partial charge in [-0.1, -0.05) is 19.8 Å². The van der Waals surface area contributed by atoms with Crippen molar-refractivity contribution in [2.75, 3.05) is 0 Å². The summed E-state index contributed by atoms with van der Waals surface area (Å²) >= 11 is 1.74. The highest BCUT2D eigenvalue weighted by atomic mass is 32.1. The van der Waals surface area contributed by atoms with Crippen molar-refractivity contribution in [1.82, 2.24) is 10.3 Å². The van der Waals surface area contributed by atoms with Crippen LogP contribution in [0, 0.1) is 0 Å². The van der Waals surface area contributed by atoms with E-state index in [0.717, 1.165) is 11.4 Å². The largest absolute Gasteiger partial charge is 0.370 e. The van der Waals surface area contributed by atoms with Crippen molar-refractivity contribution >= 4 is 17.3 Å². The van der Waals surface area contributed by atoms with Gasteiger partial charge in [0.15, 0.2) is 5.96 Å². The third kappa shape index (κ3) is 3.45. The summed E-state index contributed by atoms with van der Waals surface area (Å²) in [7, 11) is 0. The minimum Gasteiger partial charge on any atom is -0.370 e. The summed E-state index contributed by atoms with van der Waals surface area (Å²) in [5.41, 5.74) is 5.95. The number of nitrogens with one attached hydrogen (secondary N) is 1. The SMILES string of the molecule is CCc1cnc(C(C)NC(N)=NC2CCCC2)s1. The van der Waals surface area contributed by atoms with E-state index in [1.54, 1.807) is 11.3 Å². The van der Waals surface area contributed by atoms with E-state index in [1.165, 1.54) is 30.6 Å². The van der Waals surface area contributed by atoms with Gasteiger partial charge >= 0.3 is 0 Å². The number of aromatic nitrogens is 1. The molecule has 1 aliphatic carbocycles. The Hall–Kier alpha value is -1.10. The van der Waals surface area contributed by atoms with Gasteiger partial charge in [0.2, 0.25) is 0 Å². The maximum Gasteiger partial charge on any atom is 0.189 e. The average molecular weight is 266 g/mol. The number of hydrogen-bond donors (Lipinski definition) is 2. The molecular formula is C13H22N4S. The Morgan fingerprint density at radius 1 is 1.61 bits per heavy atom. The molecule has 0 amide bonds. The second kappa shape index (κ2) is 6.18. The van der Waals surface area contributed by atoms with E-state index >= 15 is 0 Å². The van der Waals surface area contributed by atoms with Crippen molar-refractivity contribution in [3.8, 4) is 0 Å². The van der Waals surface area contributed by atoms with Gasteiger partial charge in [0, 0.05) is 11.1 Å². The topological polar surface area (TPSA) is 63.3 Å². The quantitative estimate of drug-likeness (QED) is 0.650. The number of nitrogens with zero attached hydrogens (tertiary/aromatic N) is 2. The van der Waals surface area contributed by atoms with Crippen LogP contribution in [-0.2, 0) is 6.42 Å². The lowest BCUT2D eigenvalue weighted by atomic mass is 10.3. The number of nitrogens with two attached hydrogens (primary N) is 1. The standard InChI is InChI=1S/C13H22N4S/c1-3-11-8-15-12(18-11)9(2)16-13(14)17-10-6-4-5-7-10/h8-10H,3-7H2,1-2H3,(H3,14,16,17). The van der Waals surface area contributed by atoms with Crippen molar-refractivity contribution in [3.05, 3.63) is 16.1 Å². The van der Waals surface area contributed by atoms with Gasteiger partial charge in [-0.15, -0.1) is 11.3 Å². The summed E-state index contributed by atoms with van der Waals surface area (Å²) in [6.45, 7) is 4.22. The zero-order valence-electron chi connectivity index (χ0n) is 11.1. The molecule has 1 fully saturated rings. The number of guanidine groups is 1. The van der Waals surface area contributed by atoms with E-state index < -0.39 is 0 Å². The number of aliphatic imine (C=N–C) groups is 1. The molecule has 0 saturated heterocycles. The lowest BCUT2D eigenvalue weighted by Gasteiger charge is -2.13. The van der Waals surface area contributed by atoms with Gasteiger partial charge in [-0.05, 0) is 26.2 Å². The zero-order valence-corrected chi connectivity index (χ0v) is 12.0. The van der Waals surface area contributed by atoms with Gasteiger partial charge in [-0.2, -0.15) is 0 Å². The minimum atomic E-state index is 0.139. The Morgan fingerprint density at radius 2 is 2.33 bits per heavy atom. The van der Waals surface area contributed by atoms with Crippen molar-refractivity contribution in [2.45, 2.75) is 58.0 Å². The first-order valence-corrected chi connectivity index (χ1v) is 7.55. The first-order valence-electron chi connectivity index (χ1n) is 6.73. The monoisotopic (exact) mass is 266 g/mol. The Bertz CT molecular complexity index is 407. The lowest BCUT2D eigenvalue weighted by Crippen LogP contribution is -2.34. The van der Waals surface area contributed by atoms with E-state index in [0.29, 0.717) is 12.0 Å². The molecule has 4 nitrogen and oxygen atoms in total. The van der Waals surface area contributed by atoms with Crippen LogP contribution in [0.3, 0.4) is 0 Å². The van der Waals surface area contributed by atoms with Gasteiger partial charge < -0.3 is 11.1 Å². The van der Waals surface area contributed by atoms with Crippen LogP contribution in [0.25, 0.3) is 0 Å². The van der Waals surface area contributed by atoms with Crippen LogP contribution >= 0.6 is 11.3 Å². The summed E-state index contributed by atoms with van der Waals surface area (Å²) < 4.78 is 0. The van der Waals surface area contributed by atoms with Gasteiger partial charge in [0.25, 0.3) is 0 Å². The predicted octanol–water partition coefficient (Wildman–Crippen LogP) is 2.61. The minimum absolute atomic E-state index is 0.139. The van der Waals surface area contributed by atoms with Crippen LogP contribution in [0.5, 0.6) is 0 Å². The number of aryl methyl sites for hydroxylation is 1. The number of thiazole rings is 1. The molecule has 5 heteroatoms. The molecule has 1 unspecified atom stereocenters. The molecule has 0 aromatic carbocycles. The zero-order chi connectivity index (χ0) is 13.0. The molecule has 1 aliphatic rings. The molecule has 0 aliphatic heterocycles. The molecule has 2 rings (SSSR count). The molecule has 18 heavy (non-hydrogen) atoms. The summed E-state index contributed by atoms with van der Waals surface area (Å²) in [4.78, 5) is 10.3. The Balaban J connectivity index is 1.91. The van der Waals surface area contributed by atoms with Crippen LogP contribution in [0.1, 0.15) is 55.5 Å². The molecule has 0 spiro atoms. The highest BCUT2D eigenvalue weighted by molar-refractivity contribution is 7.11. The molecule has 0 radical (unpaired) electrons. The smallest absolute Gasteiger partial charge is 0.189 e. The van der Waals surface area contributed by atoms with Crippen molar-refractivity contribution in [1.29, 1.82) is 0 Å². The first-order chi connectivity index (χ1) is 8.69. The molecule has 3 N–H and O–H groups in total. The van der Waals surface area contributed by atoms with Crippen LogP contribution in [0.15, 0.2) is 11.2 Å². The fourth-order valence-electron chi connectivity index (χ4n) is 2.24.